The molecule has 6 rings (SSSR count). The van der Waals surface area contributed by atoms with Crippen molar-refractivity contribution < 1.29 is 0 Å². The van der Waals surface area contributed by atoms with E-state index in [1.54, 1.807) is 0 Å². The summed E-state index contributed by atoms with van der Waals surface area (Å²) >= 11 is 6.47. The number of hydrogen-bond acceptors (Lipinski definition) is 0. The number of hydrogen-bond donors (Lipinski definition) is 0. The first-order valence-electron chi connectivity index (χ1n) is 11.4. The van der Waals surface area contributed by atoms with Crippen molar-refractivity contribution in [3.63, 3.8) is 0 Å². The predicted molar refractivity (Wildman–Crippen MR) is 141 cm³/mol. The summed E-state index contributed by atoms with van der Waals surface area (Å²) in [5.41, 5.74) is 7.27. The van der Waals surface area contributed by atoms with Crippen LogP contribution in [0.4, 0.5) is 0 Å². The fourth-order valence-corrected chi connectivity index (χ4v) is 5.20. The molecule has 160 valence electrons. The highest BCUT2D eigenvalue weighted by Crippen LogP contribution is 2.39. The van der Waals surface area contributed by atoms with E-state index in [0.717, 1.165) is 17.1 Å². The Morgan fingerprint density at radius 3 is 2.27 bits per heavy atom. The largest absolute Gasteiger partial charge is 0.309 e. The van der Waals surface area contributed by atoms with E-state index < -0.39 is 0 Å². The first-order valence-corrected chi connectivity index (χ1v) is 11.7. The Morgan fingerprint density at radius 2 is 1.48 bits per heavy atom. The Labute approximate surface area is 199 Å². The van der Waals surface area contributed by atoms with Crippen molar-refractivity contribution in [2.24, 2.45) is 0 Å². The van der Waals surface area contributed by atoms with Crippen LogP contribution in [-0.4, -0.2) is 4.57 Å². The van der Waals surface area contributed by atoms with E-state index in [9.17, 15) is 0 Å². The zero-order chi connectivity index (χ0) is 22.4. The van der Waals surface area contributed by atoms with Crippen LogP contribution in [0.1, 0.15) is 18.9 Å². The molecule has 0 radical (unpaired) electrons. The third-order valence-corrected chi connectivity index (χ3v) is 7.09. The summed E-state index contributed by atoms with van der Waals surface area (Å²) in [6.07, 6.45) is 9.85. The highest BCUT2D eigenvalue weighted by atomic mass is 35.5. The van der Waals surface area contributed by atoms with E-state index in [4.69, 9.17) is 11.6 Å². The minimum atomic E-state index is 0.00314. The highest BCUT2D eigenvalue weighted by Gasteiger charge is 2.25. The summed E-state index contributed by atoms with van der Waals surface area (Å²) in [6, 6.07) is 32.4. The zero-order valence-electron chi connectivity index (χ0n) is 18.5. The lowest BCUT2D eigenvalue weighted by Gasteiger charge is -2.27. The molecule has 1 aromatic heterocycles. The fraction of sp³-hybridized carbons (Fsp3) is 0.0968. The van der Waals surface area contributed by atoms with Gasteiger partial charge in [-0.05, 0) is 65.6 Å². The van der Waals surface area contributed by atoms with Gasteiger partial charge in [0.25, 0.3) is 0 Å². The second kappa shape index (κ2) is 7.79. The van der Waals surface area contributed by atoms with E-state index >= 15 is 0 Å². The molecule has 0 amide bonds. The van der Waals surface area contributed by atoms with E-state index in [1.165, 1.54) is 38.5 Å². The van der Waals surface area contributed by atoms with Crippen molar-refractivity contribution in [2.75, 3.05) is 0 Å². The Hall–Kier alpha value is -3.55. The van der Waals surface area contributed by atoms with Crippen LogP contribution >= 0.6 is 11.6 Å². The van der Waals surface area contributed by atoms with Gasteiger partial charge in [-0.25, -0.2) is 0 Å². The normalized spacial score (nSPS) is 17.8. The smallest absolute Gasteiger partial charge is 0.0542 e. The van der Waals surface area contributed by atoms with Crippen LogP contribution < -0.4 is 0 Å². The van der Waals surface area contributed by atoms with Crippen LogP contribution in [0.25, 0.3) is 38.6 Å². The average molecular weight is 446 g/mol. The monoisotopic (exact) mass is 445 g/mol. The molecule has 0 bridgehead atoms. The molecule has 1 aliphatic rings. The highest BCUT2D eigenvalue weighted by molar-refractivity contribution is 6.32. The Morgan fingerprint density at radius 1 is 0.727 bits per heavy atom. The maximum Gasteiger partial charge on any atom is 0.0542 e. The molecule has 4 aromatic carbocycles. The number of nitrogens with zero attached hydrogens (tertiary/aromatic N) is 1. The fourth-order valence-electron chi connectivity index (χ4n) is 5.03. The molecule has 0 saturated carbocycles. The van der Waals surface area contributed by atoms with Gasteiger partial charge < -0.3 is 4.57 Å². The first-order chi connectivity index (χ1) is 16.1. The van der Waals surface area contributed by atoms with Crippen molar-refractivity contribution in [1.29, 1.82) is 0 Å². The molecule has 1 unspecified atom stereocenters. The van der Waals surface area contributed by atoms with Gasteiger partial charge in [-0.15, -0.1) is 0 Å². The van der Waals surface area contributed by atoms with Gasteiger partial charge in [0, 0.05) is 26.9 Å². The molecular formula is C31H24ClN. The summed E-state index contributed by atoms with van der Waals surface area (Å²) in [6.45, 7) is 2.31. The number of aromatic nitrogens is 1. The summed E-state index contributed by atoms with van der Waals surface area (Å²) in [5, 5.41) is 3.18. The maximum atomic E-state index is 6.47. The van der Waals surface area contributed by atoms with Crippen LogP contribution in [-0.2, 0) is 5.41 Å². The van der Waals surface area contributed by atoms with E-state index in [2.05, 4.69) is 121 Å². The standard InChI is InChI=1S/C31H24ClN/c1-31(17-6-3-7-18-31)24-13-15-29-27(20-24)28-21-25(32)14-16-30(28)33(29)26-12-8-11-23(19-26)22-9-4-2-5-10-22/h2-17,19-21H,18H2,1H3. The molecule has 0 N–H and O–H groups in total. The molecule has 1 atom stereocenters. The summed E-state index contributed by atoms with van der Waals surface area (Å²) in [5.74, 6) is 0. The average Bonchev–Trinajstić information content (AvgIpc) is 3.18. The van der Waals surface area contributed by atoms with Gasteiger partial charge in [-0.1, -0.05) is 91.4 Å². The second-order valence-electron chi connectivity index (χ2n) is 9.05. The lowest BCUT2D eigenvalue weighted by Crippen LogP contribution is -2.19. The number of halogens is 1. The number of fused-ring (bicyclic) bond motifs is 3. The predicted octanol–water partition coefficient (Wildman–Crippen LogP) is 8.88. The molecule has 5 aromatic rings. The van der Waals surface area contributed by atoms with Crippen molar-refractivity contribution >= 4 is 33.4 Å². The van der Waals surface area contributed by atoms with Crippen LogP contribution in [0.5, 0.6) is 0 Å². The molecule has 0 saturated heterocycles. The molecule has 33 heavy (non-hydrogen) atoms. The Balaban J connectivity index is 1.60. The van der Waals surface area contributed by atoms with Gasteiger partial charge in [0.2, 0.25) is 0 Å². The van der Waals surface area contributed by atoms with E-state index in [1.807, 2.05) is 6.07 Å². The van der Waals surface area contributed by atoms with Crippen LogP contribution in [0, 0.1) is 0 Å². The van der Waals surface area contributed by atoms with Crippen molar-refractivity contribution in [3.05, 3.63) is 126 Å². The van der Waals surface area contributed by atoms with Crippen molar-refractivity contribution in [1.82, 2.24) is 4.57 Å². The third kappa shape index (κ3) is 3.41. The minimum Gasteiger partial charge on any atom is -0.309 e. The second-order valence-corrected chi connectivity index (χ2v) is 9.49. The quantitative estimate of drug-likeness (QED) is 0.261. The van der Waals surface area contributed by atoms with Gasteiger partial charge in [-0.2, -0.15) is 0 Å². The van der Waals surface area contributed by atoms with E-state index in [0.29, 0.717) is 0 Å². The molecule has 1 aliphatic carbocycles. The number of allylic oxidation sites excluding steroid dienone is 4. The van der Waals surface area contributed by atoms with Crippen molar-refractivity contribution in [3.8, 4) is 16.8 Å². The van der Waals surface area contributed by atoms with Crippen molar-refractivity contribution in [2.45, 2.75) is 18.8 Å². The molecular weight excluding hydrogens is 422 g/mol. The Bertz CT molecular complexity index is 1550. The van der Waals surface area contributed by atoms with Gasteiger partial charge in [-0.3, -0.25) is 0 Å². The van der Waals surface area contributed by atoms with E-state index in [-0.39, 0.29) is 5.41 Å². The lowest BCUT2D eigenvalue weighted by atomic mass is 9.77. The van der Waals surface area contributed by atoms with Crippen LogP contribution in [0.15, 0.2) is 115 Å². The molecule has 1 heterocycles. The SMILES string of the molecule is CC1(c2ccc3c(c2)c2cc(Cl)ccc2n3-c2cccc(-c3ccccc3)c2)C=CC=CC1. The van der Waals surface area contributed by atoms with Gasteiger partial charge >= 0.3 is 0 Å². The number of rotatable bonds is 3. The van der Waals surface area contributed by atoms with Gasteiger partial charge in [0.15, 0.2) is 0 Å². The molecule has 2 heteroatoms. The third-order valence-electron chi connectivity index (χ3n) is 6.85. The van der Waals surface area contributed by atoms with Gasteiger partial charge in [0.1, 0.15) is 0 Å². The van der Waals surface area contributed by atoms with Crippen LogP contribution in [0.2, 0.25) is 5.02 Å². The molecule has 1 nitrogen and oxygen atoms in total. The van der Waals surface area contributed by atoms with Crippen LogP contribution in [0.3, 0.4) is 0 Å². The zero-order valence-corrected chi connectivity index (χ0v) is 19.3. The first kappa shape index (κ1) is 20.1. The topological polar surface area (TPSA) is 4.93 Å². The van der Waals surface area contributed by atoms with Gasteiger partial charge in [0.05, 0.1) is 11.0 Å². The molecule has 0 aliphatic heterocycles. The molecule has 0 spiro atoms. The summed E-state index contributed by atoms with van der Waals surface area (Å²) in [4.78, 5) is 0. The summed E-state index contributed by atoms with van der Waals surface area (Å²) in [7, 11) is 0. The molecule has 0 fully saturated rings. The number of benzene rings is 4. The maximum absolute atomic E-state index is 6.47. The lowest BCUT2D eigenvalue weighted by molar-refractivity contribution is 0.600. The Kier molecular flexibility index (Phi) is 4.74. The summed E-state index contributed by atoms with van der Waals surface area (Å²) < 4.78 is 2.36. The minimum absolute atomic E-state index is 0.00314.